The number of piperazine rings is 1. The van der Waals surface area contributed by atoms with Crippen LogP contribution < -0.4 is 19.7 Å². The number of carbonyl (C=O) groups is 4. The van der Waals surface area contributed by atoms with Crippen molar-refractivity contribution in [2.45, 2.75) is 57.2 Å². The average molecular weight is 713 g/mol. The second kappa shape index (κ2) is 13.6. The molecule has 3 aliphatic heterocycles. The van der Waals surface area contributed by atoms with Crippen LogP contribution in [-0.4, -0.2) is 117 Å². The van der Waals surface area contributed by atoms with Crippen molar-refractivity contribution in [2.75, 3.05) is 50.9 Å². The van der Waals surface area contributed by atoms with Crippen molar-refractivity contribution in [1.29, 1.82) is 0 Å². The molecule has 3 fully saturated rings. The zero-order valence-corrected chi connectivity index (χ0v) is 29.1. The Bertz CT molecular complexity index is 2070. The number of H-pyrrole nitrogens is 1. The topological polar surface area (TPSA) is 172 Å². The molecule has 2 atom stereocenters. The smallest absolute Gasteiger partial charge is 0.262 e. The fourth-order valence-electron chi connectivity index (χ4n) is 7.04. The van der Waals surface area contributed by atoms with Gasteiger partial charge in [-0.3, -0.25) is 39.4 Å². The summed E-state index contributed by atoms with van der Waals surface area (Å²) >= 11 is 0. The van der Waals surface area contributed by atoms with Crippen LogP contribution in [0.25, 0.3) is 22.3 Å². The summed E-state index contributed by atoms with van der Waals surface area (Å²) in [5.74, 6) is -0.0504. The average Bonchev–Trinajstić information content (AvgIpc) is 3.62. The number of carbonyl (C=O) groups excluding carboxylic acids is 4. The van der Waals surface area contributed by atoms with Crippen LogP contribution in [0.1, 0.15) is 63.1 Å². The van der Waals surface area contributed by atoms with Gasteiger partial charge in [0.05, 0.1) is 35.6 Å². The summed E-state index contributed by atoms with van der Waals surface area (Å²) in [5, 5.41) is 10.9. The lowest BCUT2D eigenvalue weighted by Crippen LogP contribution is -2.54. The highest BCUT2D eigenvalue weighted by Gasteiger charge is 2.45. The minimum atomic E-state index is -1.01. The van der Waals surface area contributed by atoms with Gasteiger partial charge < -0.3 is 19.1 Å². The Morgan fingerprint density at radius 1 is 0.942 bits per heavy atom. The molecule has 0 radical (unpaired) electrons. The first-order valence-corrected chi connectivity index (χ1v) is 17.7. The number of rotatable bonds is 12. The molecule has 1 unspecified atom stereocenters. The second-order valence-corrected chi connectivity index (χ2v) is 14.0. The fourth-order valence-corrected chi connectivity index (χ4v) is 7.04. The standard InChI is InChI=1S/C37H40N8O7.2H2/c1-22-20-44(31-19-29(38-21-39-31)33-27-18-24(52-37(2)9-10-37)4-6-28(27)41-42-33)12-11-43(22)13-14-50-15-16-51-23-3-5-25-26(17-23)36(49)45(35(25)48)30-7-8-32(46)40-34(30)47;;/h3-6,17-19,21-22,30H,7-16,20H2,1-2H3,(H,41,42)(H,40,46,47);2*1H/t22-,30?;;/m0../s1. The van der Waals surface area contributed by atoms with Crippen LogP contribution in [0.5, 0.6) is 11.5 Å². The van der Waals surface area contributed by atoms with Gasteiger partial charge in [-0.15, -0.1) is 0 Å². The molecule has 1 saturated carbocycles. The van der Waals surface area contributed by atoms with Crippen molar-refractivity contribution >= 4 is 40.3 Å². The molecule has 274 valence electrons. The van der Waals surface area contributed by atoms with Gasteiger partial charge in [-0.25, -0.2) is 9.97 Å². The van der Waals surface area contributed by atoms with Gasteiger partial charge in [0, 0.05) is 52.9 Å². The van der Waals surface area contributed by atoms with Crippen LogP contribution in [0.4, 0.5) is 5.82 Å². The maximum absolute atomic E-state index is 13.1. The maximum atomic E-state index is 13.1. The molecule has 5 heterocycles. The van der Waals surface area contributed by atoms with E-state index in [0.29, 0.717) is 19.0 Å². The van der Waals surface area contributed by atoms with Gasteiger partial charge in [0.2, 0.25) is 11.8 Å². The van der Waals surface area contributed by atoms with Gasteiger partial charge in [-0.05, 0) is 69.5 Å². The van der Waals surface area contributed by atoms with Gasteiger partial charge in [0.25, 0.3) is 11.8 Å². The molecule has 4 amide bonds. The van der Waals surface area contributed by atoms with E-state index in [0.717, 1.165) is 77.8 Å². The number of fused-ring (bicyclic) bond motifs is 2. The van der Waals surface area contributed by atoms with E-state index in [1.807, 2.05) is 24.3 Å². The Hall–Kier alpha value is -5.41. The number of nitrogens with one attached hydrogen (secondary N) is 2. The normalized spacial score (nSPS) is 21.4. The van der Waals surface area contributed by atoms with Gasteiger partial charge in [0.1, 0.15) is 47.6 Å². The van der Waals surface area contributed by atoms with E-state index in [9.17, 15) is 19.2 Å². The molecule has 8 rings (SSSR count). The maximum Gasteiger partial charge on any atom is 0.262 e. The highest BCUT2D eigenvalue weighted by molar-refractivity contribution is 6.23. The van der Waals surface area contributed by atoms with E-state index in [-0.39, 0.29) is 45.1 Å². The number of nitrogens with zero attached hydrogens (tertiary/aromatic N) is 6. The van der Waals surface area contributed by atoms with Crippen LogP contribution in [0, 0.1) is 0 Å². The summed E-state index contributed by atoms with van der Waals surface area (Å²) in [5.41, 5.74) is 2.78. The van der Waals surface area contributed by atoms with Crippen molar-refractivity contribution in [1.82, 2.24) is 35.3 Å². The van der Waals surface area contributed by atoms with Crippen molar-refractivity contribution < 1.29 is 36.2 Å². The van der Waals surface area contributed by atoms with Crippen LogP contribution >= 0.6 is 0 Å². The number of ether oxygens (including phenoxy) is 3. The number of amides is 4. The van der Waals surface area contributed by atoms with Crippen LogP contribution in [0.15, 0.2) is 48.8 Å². The highest BCUT2D eigenvalue weighted by atomic mass is 16.5. The number of imide groups is 2. The number of aromatic nitrogens is 4. The van der Waals surface area contributed by atoms with Gasteiger partial charge in [-0.2, -0.15) is 5.10 Å². The molecule has 15 heteroatoms. The van der Waals surface area contributed by atoms with Crippen LogP contribution in [0.3, 0.4) is 0 Å². The van der Waals surface area contributed by atoms with Crippen molar-refractivity contribution in [3.8, 4) is 22.9 Å². The highest BCUT2D eigenvalue weighted by Crippen LogP contribution is 2.40. The Kier molecular flexibility index (Phi) is 8.83. The minimum Gasteiger partial charge on any atom is -0.491 e. The number of aromatic amines is 1. The third-order valence-corrected chi connectivity index (χ3v) is 10.3. The van der Waals surface area contributed by atoms with E-state index in [2.05, 4.69) is 49.1 Å². The Labute approximate surface area is 302 Å². The summed E-state index contributed by atoms with van der Waals surface area (Å²) in [6.07, 6.45) is 3.91. The SMILES string of the molecule is C[C@H]1CN(c2cc(-c3n[nH]c4ccc(OC5(C)CC5)cc34)ncn2)CCN1CCOCCOc1ccc2c(c1)C(=O)N(C1CCC(=O)NC1=O)C2=O.[HH].[HH]. The van der Waals surface area contributed by atoms with Crippen molar-refractivity contribution in [2.24, 2.45) is 0 Å². The van der Waals surface area contributed by atoms with E-state index in [1.165, 1.54) is 12.1 Å². The largest absolute Gasteiger partial charge is 0.491 e. The van der Waals surface area contributed by atoms with E-state index < -0.39 is 29.7 Å². The molecule has 4 aromatic rings. The first-order valence-electron chi connectivity index (χ1n) is 17.7. The summed E-state index contributed by atoms with van der Waals surface area (Å²) in [6, 6.07) is 11.9. The fraction of sp³-hybridized carbons (Fsp3) is 0.432. The molecule has 2 aromatic carbocycles. The van der Waals surface area contributed by atoms with E-state index >= 15 is 0 Å². The van der Waals surface area contributed by atoms with E-state index in [4.69, 9.17) is 14.2 Å². The molecule has 0 spiro atoms. The third kappa shape index (κ3) is 6.68. The summed E-state index contributed by atoms with van der Waals surface area (Å²) in [4.78, 5) is 64.6. The summed E-state index contributed by atoms with van der Waals surface area (Å²) in [6.45, 7) is 8.69. The van der Waals surface area contributed by atoms with Crippen LogP contribution in [-0.2, 0) is 14.3 Å². The number of hydrogen-bond acceptors (Lipinski definition) is 12. The lowest BCUT2D eigenvalue weighted by atomic mass is 10.0. The Morgan fingerprint density at radius 3 is 2.58 bits per heavy atom. The van der Waals surface area contributed by atoms with Gasteiger partial charge in [-0.1, -0.05) is 0 Å². The number of piperidine rings is 1. The molecule has 2 saturated heterocycles. The number of benzene rings is 2. The summed E-state index contributed by atoms with van der Waals surface area (Å²) in [7, 11) is 0. The van der Waals surface area contributed by atoms with Crippen LogP contribution in [0.2, 0.25) is 0 Å². The molecule has 2 N–H and O–H groups in total. The molecule has 4 aliphatic rings. The first kappa shape index (κ1) is 33.7. The third-order valence-electron chi connectivity index (χ3n) is 10.3. The van der Waals surface area contributed by atoms with Crippen molar-refractivity contribution in [3.05, 3.63) is 59.9 Å². The van der Waals surface area contributed by atoms with Gasteiger partial charge >= 0.3 is 0 Å². The lowest BCUT2D eigenvalue weighted by molar-refractivity contribution is -0.136. The lowest BCUT2D eigenvalue weighted by Gasteiger charge is -2.40. The van der Waals surface area contributed by atoms with Gasteiger partial charge in [0.15, 0.2) is 0 Å². The monoisotopic (exact) mass is 712 g/mol. The molecule has 0 bridgehead atoms. The Morgan fingerprint density at radius 2 is 1.77 bits per heavy atom. The zero-order chi connectivity index (χ0) is 36.0. The predicted octanol–water partition coefficient (Wildman–Crippen LogP) is 3.45. The molecular weight excluding hydrogens is 668 g/mol. The van der Waals surface area contributed by atoms with E-state index in [1.54, 1.807) is 12.4 Å². The molecule has 15 nitrogen and oxygen atoms in total. The zero-order valence-electron chi connectivity index (χ0n) is 29.1. The summed E-state index contributed by atoms with van der Waals surface area (Å²) < 4.78 is 17.9. The molecule has 52 heavy (non-hydrogen) atoms. The second-order valence-electron chi connectivity index (χ2n) is 14.0. The predicted molar refractivity (Wildman–Crippen MR) is 192 cm³/mol. The number of hydrogen-bond donors (Lipinski definition) is 2. The quantitative estimate of drug-likeness (QED) is 0.162. The van der Waals surface area contributed by atoms with Crippen molar-refractivity contribution in [3.63, 3.8) is 0 Å². The molecule has 2 aromatic heterocycles. The number of anilines is 1. The molecule has 1 aliphatic carbocycles. The first-order chi connectivity index (χ1) is 25.2. The Balaban J connectivity index is 0.00000249. The minimum absolute atomic E-state index is 0. The molecular formula is C37H44N8O7.